The lowest BCUT2D eigenvalue weighted by Crippen LogP contribution is -1.98. The number of benzene rings is 6. The van der Waals surface area contributed by atoms with Crippen LogP contribution in [0.4, 0.5) is 0 Å². The molecule has 0 unspecified atom stereocenters. The van der Waals surface area contributed by atoms with E-state index in [9.17, 15) is 10.5 Å². The molecule has 0 aliphatic carbocycles. The van der Waals surface area contributed by atoms with Gasteiger partial charge in [-0.2, -0.15) is 10.5 Å². The van der Waals surface area contributed by atoms with Gasteiger partial charge in [-0.15, -0.1) is 0 Å². The smallest absolute Gasteiger partial charge is 0.136 e. The highest BCUT2D eigenvalue weighted by Crippen LogP contribution is 2.43. The monoisotopic (exact) mass is 536 g/mol. The molecule has 0 saturated carbocycles. The Morgan fingerprint density at radius 3 is 1.67 bits per heavy atom. The van der Waals surface area contributed by atoms with Crippen LogP contribution in [0, 0.1) is 22.7 Å². The lowest BCUT2D eigenvalue weighted by molar-refractivity contribution is 0.668. The number of para-hydroxylation sites is 2. The van der Waals surface area contributed by atoms with Crippen LogP contribution in [-0.4, -0.2) is 0 Å². The van der Waals surface area contributed by atoms with Gasteiger partial charge in [0.05, 0.1) is 11.1 Å². The summed E-state index contributed by atoms with van der Waals surface area (Å²) < 4.78 is 12.3. The quantitative estimate of drug-likeness (QED) is 0.225. The van der Waals surface area contributed by atoms with Crippen LogP contribution in [-0.2, 0) is 0 Å². The van der Waals surface area contributed by atoms with E-state index in [-0.39, 0.29) is 0 Å². The highest BCUT2D eigenvalue weighted by atomic mass is 16.3. The SMILES string of the molecule is N#Cc1c(-c2ccccc2)cc(-c2ccc3c(c2)oc2ccccc23)c(C#N)c1-c1ccc2oc3ccccc3c2c1. The largest absolute Gasteiger partial charge is 0.456 e. The molecule has 194 valence electrons. The molecule has 2 heterocycles. The van der Waals surface area contributed by atoms with Gasteiger partial charge in [-0.3, -0.25) is 0 Å². The van der Waals surface area contributed by atoms with Crippen molar-refractivity contribution in [2.45, 2.75) is 0 Å². The van der Waals surface area contributed by atoms with Crippen LogP contribution in [0.3, 0.4) is 0 Å². The topological polar surface area (TPSA) is 73.9 Å². The Morgan fingerprint density at radius 1 is 0.405 bits per heavy atom. The van der Waals surface area contributed by atoms with Gasteiger partial charge in [0.25, 0.3) is 0 Å². The van der Waals surface area contributed by atoms with E-state index in [4.69, 9.17) is 8.83 Å². The summed E-state index contributed by atoms with van der Waals surface area (Å²) in [7, 11) is 0. The number of furan rings is 2. The predicted molar refractivity (Wildman–Crippen MR) is 167 cm³/mol. The summed E-state index contributed by atoms with van der Waals surface area (Å²) in [4.78, 5) is 0. The third kappa shape index (κ3) is 3.53. The number of hydrogen-bond acceptors (Lipinski definition) is 4. The molecular formula is C38H20N2O2. The zero-order chi connectivity index (χ0) is 28.2. The van der Waals surface area contributed by atoms with Crippen molar-refractivity contribution in [1.82, 2.24) is 0 Å². The van der Waals surface area contributed by atoms with Crippen LogP contribution in [0.15, 0.2) is 130 Å². The van der Waals surface area contributed by atoms with Crippen molar-refractivity contribution in [3.8, 4) is 45.5 Å². The van der Waals surface area contributed by atoms with E-state index in [2.05, 4.69) is 12.1 Å². The van der Waals surface area contributed by atoms with Crippen LogP contribution in [0.5, 0.6) is 0 Å². The maximum atomic E-state index is 10.7. The van der Waals surface area contributed by atoms with E-state index in [1.54, 1.807) is 0 Å². The molecule has 4 nitrogen and oxygen atoms in total. The molecule has 42 heavy (non-hydrogen) atoms. The molecule has 8 rings (SSSR count). The maximum absolute atomic E-state index is 10.7. The summed E-state index contributed by atoms with van der Waals surface area (Å²) in [6, 6.07) is 44.5. The Bertz CT molecular complexity index is 2430. The molecule has 4 heteroatoms. The third-order valence-corrected chi connectivity index (χ3v) is 7.99. The molecule has 8 aromatic rings. The Balaban J connectivity index is 1.45. The highest BCUT2D eigenvalue weighted by Gasteiger charge is 2.23. The second-order valence-corrected chi connectivity index (χ2v) is 10.3. The molecule has 6 aromatic carbocycles. The molecule has 0 fully saturated rings. The van der Waals surface area contributed by atoms with E-state index in [0.717, 1.165) is 71.7 Å². The van der Waals surface area contributed by atoms with Crippen LogP contribution in [0.1, 0.15) is 11.1 Å². The summed E-state index contributed by atoms with van der Waals surface area (Å²) in [5.74, 6) is 0. The first-order valence-corrected chi connectivity index (χ1v) is 13.6. The summed E-state index contributed by atoms with van der Waals surface area (Å²) in [6.45, 7) is 0. The second-order valence-electron chi connectivity index (χ2n) is 10.3. The van der Waals surface area contributed by atoms with Crippen molar-refractivity contribution in [2.75, 3.05) is 0 Å². The molecule has 0 N–H and O–H groups in total. The Morgan fingerprint density at radius 2 is 0.952 bits per heavy atom. The molecule has 2 aromatic heterocycles. The first-order chi connectivity index (χ1) is 20.7. The minimum atomic E-state index is 0.439. The summed E-state index contributed by atoms with van der Waals surface area (Å²) in [6.07, 6.45) is 0. The van der Waals surface area contributed by atoms with Crippen molar-refractivity contribution in [2.24, 2.45) is 0 Å². The van der Waals surface area contributed by atoms with Crippen molar-refractivity contribution in [1.29, 1.82) is 10.5 Å². The first kappa shape index (κ1) is 23.8. The average Bonchev–Trinajstić information content (AvgIpc) is 3.61. The van der Waals surface area contributed by atoms with E-state index in [1.807, 2.05) is 121 Å². The van der Waals surface area contributed by atoms with E-state index in [1.165, 1.54) is 0 Å². The first-order valence-electron chi connectivity index (χ1n) is 13.6. The van der Waals surface area contributed by atoms with Crippen molar-refractivity contribution >= 4 is 43.9 Å². The number of nitrogens with zero attached hydrogens (tertiary/aromatic N) is 2. The summed E-state index contributed by atoms with van der Waals surface area (Å²) in [5, 5.41) is 25.2. The summed E-state index contributed by atoms with van der Waals surface area (Å²) in [5.41, 5.74) is 8.65. The predicted octanol–water partition coefficient (Wildman–Crippen LogP) is 10.2. The Kier molecular flexibility index (Phi) is 5.22. The van der Waals surface area contributed by atoms with Crippen LogP contribution in [0.25, 0.3) is 77.3 Å². The van der Waals surface area contributed by atoms with E-state index < -0.39 is 0 Å². The van der Waals surface area contributed by atoms with E-state index in [0.29, 0.717) is 16.7 Å². The molecule has 0 amide bonds. The number of nitriles is 2. The number of rotatable bonds is 3. The van der Waals surface area contributed by atoms with Gasteiger partial charge in [-0.25, -0.2) is 0 Å². The highest BCUT2D eigenvalue weighted by molar-refractivity contribution is 6.08. The molecule has 0 bridgehead atoms. The number of hydrogen-bond donors (Lipinski definition) is 0. The summed E-state index contributed by atoms with van der Waals surface area (Å²) >= 11 is 0. The van der Waals surface area contributed by atoms with Gasteiger partial charge < -0.3 is 8.83 Å². The third-order valence-electron chi connectivity index (χ3n) is 7.99. The van der Waals surface area contributed by atoms with Gasteiger partial charge in [0.15, 0.2) is 0 Å². The van der Waals surface area contributed by atoms with Crippen LogP contribution >= 0.6 is 0 Å². The minimum Gasteiger partial charge on any atom is -0.456 e. The zero-order valence-electron chi connectivity index (χ0n) is 22.3. The molecule has 0 saturated heterocycles. The molecule has 0 atom stereocenters. The molecule has 0 aliphatic heterocycles. The normalized spacial score (nSPS) is 11.3. The van der Waals surface area contributed by atoms with E-state index >= 15 is 0 Å². The van der Waals surface area contributed by atoms with Gasteiger partial charge in [0.2, 0.25) is 0 Å². The van der Waals surface area contributed by atoms with Crippen molar-refractivity contribution < 1.29 is 8.83 Å². The Labute approximate surface area is 240 Å². The van der Waals surface area contributed by atoms with Gasteiger partial charge in [-0.1, -0.05) is 78.9 Å². The van der Waals surface area contributed by atoms with Gasteiger partial charge in [-0.05, 0) is 59.2 Å². The van der Waals surface area contributed by atoms with Gasteiger partial charge in [0.1, 0.15) is 34.5 Å². The fourth-order valence-corrected chi connectivity index (χ4v) is 6.05. The van der Waals surface area contributed by atoms with Crippen molar-refractivity contribution in [3.63, 3.8) is 0 Å². The lowest BCUT2D eigenvalue weighted by atomic mass is 9.83. The van der Waals surface area contributed by atoms with Crippen molar-refractivity contribution in [3.05, 3.63) is 132 Å². The Hall–Kier alpha value is -6.10. The molecular weight excluding hydrogens is 516 g/mol. The van der Waals surface area contributed by atoms with Gasteiger partial charge in [0, 0.05) is 38.2 Å². The standard InChI is InChI=1S/C38H20N2O2/c39-21-32-29(23-8-2-1-3-9-23)20-30(24-14-16-28-26-10-4-6-12-34(26)42-37(28)19-24)33(22-40)38(32)25-15-17-36-31(18-25)27-11-5-7-13-35(27)41-36/h1-20H. The molecule has 0 aliphatic rings. The fraction of sp³-hybridized carbons (Fsp3) is 0. The van der Waals surface area contributed by atoms with Crippen LogP contribution < -0.4 is 0 Å². The maximum Gasteiger partial charge on any atom is 0.136 e. The lowest BCUT2D eigenvalue weighted by Gasteiger charge is -2.17. The fourth-order valence-electron chi connectivity index (χ4n) is 6.05. The van der Waals surface area contributed by atoms with Gasteiger partial charge >= 0.3 is 0 Å². The number of fused-ring (bicyclic) bond motifs is 6. The molecule has 0 radical (unpaired) electrons. The minimum absolute atomic E-state index is 0.439. The molecule has 0 spiro atoms. The van der Waals surface area contributed by atoms with Crippen LogP contribution in [0.2, 0.25) is 0 Å². The second kappa shape index (κ2) is 9.24. The zero-order valence-corrected chi connectivity index (χ0v) is 22.3. The average molecular weight is 537 g/mol.